The molecule has 0 spiro atoms. The molecule has 0 saturated carbocycles. The van der Waals surface area contributed by atoms with Crippen LogP contribution in [0.25, 0.3) is 0 Å². The van der Waals surface area contributed by atoms with E-state index < -0.39 is 5.97 Å². The summed E-state index contributed by atoms with van der Waals surface area (Å²) in [6.07, 6.45) is 0. The highest BCUT2D eigenvalue weighted by Gasteiger charge is 2.09. The molecule has 4 nitrogen and oxygen atoms in total. The van der Waals surface area contributed by atoms with Crippen molar-refractivity contribution < 1.29 is 19.4 Å². The number of aryl methyl sites for hydroxylation is 1. The topological polar surface area (TPSA) is 63.6 Å². The van der Waals surface area contributed by atoms with Gasteiger partial charge in [0.2, 0.25) is 0 Å². The maximum absolute atomic E-state index is 11.6. The number of benzene rings is 2. The summed E-state index contributed by atoms with van der Waals surface area (Å²) < 4.78 is 4.94. The molecular formula is C17H16O4S. The van der Waals surface area contributed by atoms with Gasteiger partial charge in [-0.3, -0.25) is 0 Å². The standard InChI is InChI=1S/C17H16O4S/c1-3-21-17(20)12-4-7-14(8-5-12)22-15-9-6-13(16(18)19)10-11(15)2/h4-10H,3H2,1-2H3,(H,18,19). The first kappa shape index (κ1) is 16.1. The van der Waals surface area contributed by atoms with E-state index in [4.69, 9.17) is 9.84 Å². The van der Waals surface area contributed by atoms with Gasteiger partial charge in [-0.15, -0.1) is 0 Å². The average Bonchev–Trinajstić information content (AvgIpc) is 2.50. The van der Waals surface area contributed by atoms with Crippen molar-refractivity contribution in [2.24, 2.45) is 0 Å². The van der Waals surface area contributed by atoms with Crippen LogP contribution in [0.3, 0.4) is 0 Å². The molecule has 0 atom stereocenters. The molecule has 0 unspecified atom stereocenters. The summed E-state index contributed by atoms with van der Waals surface area (Å²) in [5.41, 5.74) is 1.70. The van der Waals surface area contributed by atoms with E-state index in [1.165, 1.54) is 11.8 Å². The van der Waals surface area contributed by atoms with E-state index >= 15 is 0 Å². The Hall–Kier alpha value is -2.27. The number of hydrogen-bond donors (Lipinski definition) is 1. The smallest absolute Gasteiger partial charge is 0.338 e. The summed E-state index contributed by atoms with van der Waals surface area (Å²) in [5.74, 6) is -1.26. The normalized spacial score (nSPS) is 10.3. The Bertz CT molecular complexity index is 692. The van der Waals surface area contributed by atoms with E-state index in [0.29, 0.717) is 12.2 Å². The molecule has 5 heteroatoms. The third-order valence-corrected chi connectivity index (χ3v) is 4.20. The van der Waals surface area contributed by atoms with Crippen LogP contribution in [0, 0.1) is 6.92 Å². The highest BCUT2D eigenvalue weighted by Crippen LogP contribution is 2.31. The van der Waals surface area contributed by atoms with Crippen LogP contribution in [0.2, 0.25) is 0 Å². The number of aromatic carboxylic acids is 1. The number of carboxylic acids is 1. The molecule has 0 amide bonds. The lowest BCUT2D eigenvalue weighted by atomic mass is 10.1. The molecule has 2 aromatic carbocycles. The second-order valence-corrected chi connectivity index (χ2v) is 5.75. The molecule has 0 radical (unpaired) electrons. The average molecular weight is 316 g/mol. The lowest BCUT2D eigenvalue weighted by Gasteiger charge is -2.07. The maximum atomic E-state index is 11.6. The van der Waals surface area contributed by atoms with Gasteiger partial charge in [-0.2, -0.15) is 0 Å². The fourth-order valence-corrected chi connectivity index (χ4v) is 2.78. The van der Waals surface area contributed by atoms with Gasteiger partial charge in [0.05, 0.1) is 17.7 Å². The molecule has 0 aliphatic rings. The summed E-state index contributed by atoms with van der Waals surface area (Å²) in [5, 5.41) is 8.97. The number of esters is 1. The molecule has 114 valence electrons. The fourth-order valence-electron chi connectivity index (χ4n) is 1.90. The van der Waals surface area contributed by atoms with Gasteiger partial charge in [0.15, 0.2) is 0 Å². The summed E-state index contributed by atoms with van der Waals surface area (Å²) in [4.78, 5) is 24.5. The van der Waals surface area contributed by atoms with Gasteiger partial charge < -0.3 is 9.84 Å². The Morgan fingerprint density at radius 3 is 2.27 bits per heavy atom. The van der Waals surface area contributed by atoms with Crippen molar-refractivity contribution in [2.45, 2.75) is 23.6 Å². The van der Waals surface area contributed by atoms with E-state index in [1.807, 2.05) is 19.1 Å². The van der Waals surface area contributed by atoms with Gasteiger partial charge in [0.25, 0.3) is 0 Å². The second kappa shape index (κ2) is 7.13. The third kappa shape index (κ3) is 3.89. The Morgan fingerprint density at radius 2 is 1.73 bits per heavy atom. The first-order chi connectivity index (χ1) is 10.5. The molecule has 22 heavy (non-hydrogen) atoms. The van der Waals surface area contributed by atoms with Crippen molar-refractivity contribution >= 4 is 23.7 Å². The van der Waals surface area contributed by atoms with Crippen molar-refractivity contribution in [3.05, 3.63) is 59.2 Å². The lowest BCUT2D eigenvalue weighted by Crippen LogP contribution is -2.03. The summed E-state index contributed by atoms with van der Waals surface area (Å²) >= 11 is 1.52. The van der Waals surface area contributed by atoms with Crippen LogP contribution in [0.1, 0.15) is 33.2 Å². The van der Waals surface area contributed by atoms with Gasteiger partial charge in [0.1, 0.15) is 0 Å². The predicted molar refractivity (Wildman–Crippen MR) is 84.7 cm³/mol. The lowest BCUT2D eigenvalue weighted by molar-refractivity contribution is 0.0525. The first-order valence-electron chi connectivity index (χ1n) is 6.80. The molecule has 0 bridgehead atoms. The number of carboxylic acid groups (broad SMARTS) is 1. The van der Waals surface area contributed by atoms with Crippen molar-refractivity contribution in [1.82, 2.24) is 0 Å². The van der Waals surface area contributed by atoms with E-state index in [2.05, 4.69) is 0 Å². The molecule has 1 N–H and O–H groups in total. The zero-order valence-corrected chi connectivity index (χ0v) is 13.1. The van der Waals surface area contributed by atoms with Gasteiger partial charge in [-0.05, 0) is 61.9 Å². The van der Waals surface area contributed by atoms with E-state index in [-0.39, 0.29) is 11.5 Å². The first-order valence-corrected chi connectivity index (χ1v) is 7.62. The molecule has 0 aliphatic carbocycles. The van der Waals surface area contributed by atoms with Crippen LogP contribution in [0.5, 0.6) is 0 Å². The molecule has 0 heterocycles. The van der Waals surface area contributed by atoms with Crippen LogP contribution < -0.4 is 0 Å². The van der Waals surface area contributed by atoms with Gasteiger partial charge >= 0.3 is 11.9 Å². The number of carbonyl (C=O) groups is 2. The predicted octanol–water partition coefficient (Wildman–Crippen LogP) is 4.02. The highest BCUT2D eigenvalue weighted by atomic mass is 32.2. The van der Waals surface area contributed by atoms with Crippen LogP contribution in [-0.2, 0) is 4.74 Å². The second-order valence-electron chi connectivity index (χ2n) is 4.63. The monoisotopic (exact) mass is 316 g/mol. The van der Waals surface area contributed by atoms with Gasteiger partial charge in [-0.1, -0.05) is 11.8 Å². The number of ether oxygens (including phenoxy) is 1. The van der Waals surface area contributed by atoms with Crippen LogP contribution >= 0.6 is 11.8 Å². The SMILES string of the molecule is CCOC(=O)c1ccc(Sc2ccc(C(=O)O)cc2C)cc1. The van der Waals surface area contributed by atoms with Crippen LogP contribution in [0.15, 0.2) is 52.3 Å². The summed E-state index contributed by atoms with van der Waals surface area (Å²) in [6, 6.07) is 12.2. The quantitative estimate of drug-likeness (QED) is 0.844. The fraction of sp³-hybridized carbons (Fsp3) is 0.176. The Labute approximate surface area is 133 Å². The van der Waals surface area contributed by atoms with Gasteiger partial charge in [0, 0.05) is 9.79 Å². The minimum absolute atomic E-state index is 0.277. The van der Waals surface area contributed by atoms with Crippen molar-refractivity contribution in [3.63, 3.8) is 0 Å². The Balaban J connectivity index is 2.14. The van der Waals surface area contributed by atoms with Crippen molar-refractivity contribution in [3.8, 4) is 0 Å². The Kier molecular flexibility index (Phi) is 5.22. The van der Waals surface area contributed by atoms with Crippen LogP contribution in [-0.4, -0.2) is 23.7 Å². The molecule has 2 rings (SSSR count). The number of hydrogen-bond acceptors (Lipinski definition) is 4. The number of rotatable bonds is 5. The molecule has 0 saturated heterocycles. The molecule has 0 aromatic heterocycles. The van der Waals surface area contributed by atoms with Crippen molar-refractivity contribution in [2.75, 3.05) is 6.61 Å². The largest absolute Gasteiger partial charge is 0.478 e. The van der Waals surface area contributed by atoms with E-state index in [1.54, 1.807) is 37.3 Å². The minimum atomic E-state index is -0.932. The third-order valence-electron chi connectivity index (χ3n) is 3.02. The van der Waals surface area contributed by atoms with E-state index in [9.17, 15) is 9.59 Å². The van der Waals surface area contributed by atoms with Crippen LogP contribution in [0.4, 0.5) is 0 Å². The zero-order valence-electron chi connectivity index (χ0n) is 12.3. The zero-order chi connectivity index (χ0) is 16.1. The maximum Gasteiger partial charge on any atom is 0.338 e. The highest BCUT2D eigenvalue weighted by molar-refractivity contribution is 7.99. The molecule has 0 aliphatic heterocycles. The Morgan fingerprint density at radius 1 is 1.09 bits per heavy atom. The van der Waals surface area contributed by atoms with Gasteiger partial charge in [-0.25, -0.2) is 9.59 Å². The molecule has 2 aromatic rings. The number of carbonyl (C=O) groups excluding carboxylic acids is 1. The minimum Gasteiger partial charge on any atom is -0.478 e. The van der Waals surface area contributed by atoms with E-state index in [0.717, 1.165) is 15.4 Å². The summed E-state index contributed by atoms with van der Waals surface area (Å²) in [6.45, 7) is 4.00. The molecular weight excluding hydrogens is 300 g/mol. The molecule has 0 fully saturated rings. The van der Waals surface area contributed by atoms with Crippen molar-refractivity contribution in [1.29, 1.82) is 0 Å². The summed E-state index contributed by atoms with van der Waals surface area (Å²) in [7, 11) is 0.